The van der Waals surface area contributed by atoms with E-state index in [0.717, 1.165) is 18.4 Å². The van der Waals surface area contributed by atoms with Crippen molar-refractivity contribution in [1.29, 1.82) is 0 Å². The molecule has 0 aliphatic carbocycles. The van der Waals surface area contributed by atoms with Gasteiger partial charge in [0.05, 0.1) is 7.11 Å². The highest BCUT2D eigenvalue weighted by Gasteiger charge is 2.17. The molecule has 0 saturated heterocycles. The monoisotopic (exact) mass is 445 g/mol. The van der Waals surface area contributed by atoms with Crippen LogP contribution in [0.3, 0.4) is 0 Å². The van der Waals surface area contributed by atoms with Gasteiger partial charge in [-0.1, -0.05) is 82.6 Å². The Balaban J connectivity index is 2.00. The van der Waals surface area contributed by atoms with Crippen LogP contribution in [0.25, 0.3) is 0 Å². The summed E-state index contributed by atoms with van der Waals surface area (Å²) in [6.07, 6.45) is 21.4. The van der Waals surface area contributed by atoms with Gasteiger partial charge in [-0.2, -0.15) is 0 Å². The van der Waals surface area contributed by atoms with E-state index in [4.69, 9.17) is 4.74 Å². The topological polar surface area (TPSA) is 78.8 Å². The Bertz CT molecular complexity index is 649. The fourth-order valence-corrected chi connectivity index (χ4v) is 3.72. The van der Waals surface area contributed by atoms with Gasteiger partial charge in [-0.25, -0.2) is 0 Å². The molecule has 1 amide bonds. The number of amides is 1. The van der Waals surface area contributed by atoms with E-state index >= 15 is 0 Å². The molecule has 0 atom stereocenters. The maximum Gasteiger partial charge on any atom is 0.492 e. The lowest BCUT2D eigenvalue weighted by Crippen LogP contribution is -2.31. The molecule has 32 heavy (non-hydrogen) atoms. The van der Waals surface area contributed by atoms with Gasteiger partial charge in [-0.3, -0.25) is 4.79 Å². The Hall–Kier alpha value is -1.79. The minimum atomic E-state index is -1.57. The number of methoxy groups -OCH3 is 1. The molecule has 0 saturated carbocycles. The number of carbonyl (C=O) groups excluding carboxylic acids is 1. The molecule has 0 aromatic heterocycles. The highest BCUT2D eigenvalue weighted by atomic mass is 16.5. The average Bonchev–Trinajstić information content (AvgIpc) is 2.79. The second-order valence-electron chi connectivity index (χ2n) is 8.56. The standard InChI is InChI=1S/C26H44BNO4/c1-3-4-5-6-7-8-9-10-11-12-13-14-15-16-17-18-26(29)28-22-23-19-20-24(27(30)31)25(21-23)32-2/h10-11,19-21,30-31H,3-9,12-18,22H2,1-2H3,(H,28,29)/b11-10-. The predicted molar refractivity (Wildman–Crippen MR) is 134 cm³/mol. The largest absolute Gasteiger partial charge is 0.497 e. The number of benzene rings is 1. The summed E-state index contributed by atoms with van der Waals surface area (Å²) in [7, 11) is -0.0919. The molecule has 180 valence electrons. The zero-order chi connectivity index (χ0) is 23.4. The van der Waals surface area contributed by atoms with Crippen LogP contribution in [0.15, 0.2) is 30.4 Å². The van der Waals surface area contributed by atoms with Crippen LogP contribution < -0.4 is 15.5 Å². The summed E-state index contributed by atoms with van der Waals surface area (Å²) in [6.45, 7) is 2.66. The van der Waals surface area contributed by atoms with Crippen molar-refractivity contribution in [1.82, 2.24) is 5.32 Å². The molecule has 1 aromatic carbocycles. The Labute approximate surface area is 195 Å². The highest BCUT2D eigenvalue weighted by Crippen LogP contribution is 2.12. The quantitative estimate of drug-likeness (QED) is 0.159. The molecule has 0 aliphatic heterocycles. The fourth-order valence-electron chi connectivity index (χ4n) is 3.72. The molecule has 0 heterocycles. The van der Waals surface area contributed by atoms with E-state index in [0.29, 0.717) is 24.2 Å². The van der Waals surface area contributed by atoms with Crippen LogP contribution in [-0.2, 0) is 11.3 Å². The summed E-state index contributed by atoms with van der Waals surface area (Å²) < 4.78 is 5.18. The first kappa shape index (κ1) is 28.2. The average molecular weight is 445 g/mol. The Morgan fingerprint density at radius 3 is 2.12 bits per heavy atom. The first-order valence-corrected chi connectivity index (χ1v) is 12.5. The number of allylic oxidation sites excluding steroid dienone is 2. The van der Waals surface area contributed by atoms with Crippen LogP contribution in [0.1, 0.15) is 102 Å². The first-order chi connectivity index (χ1) is 15.6. The molecule has 1 rings (SSSR count). The van der Waals surface area contributed by atoms with Crippen molar-refractivity contribution >= 4 is 18.5 Å². The van der Waals surface area contributed by atoms with E-state index in [-0.39, 0.29) is 5.91 Å². The summed E-state index contributed by atoms with van der Waals surface area (Å²) in [5.74, 6) is 0.455. The molecule has 0 radical (unpaired) electrons. The number of hydrogen-bond donors (Lipinski definition) is 3. The van der Waals surface area contributed by atoms with Gasteiger partial charge in [0.25, 0.3) is 0 Å². The minimum Gasteiger partial charge on any atom is -0.497 e. The normalized spacial score (nSPS) is 11.1. The second-order valence-corrected chi connectivity index (χ2v) is 8.56. The van der Waals surface area contributed by atoms with Crippen molar-refractivity contribution in [3.8, 4) is 5.75 Å². The minimum absolute atomic E-state index is 0.0489. The number of carbonyl (C=O) groups is 1. The lowest BCUT2D eigenvalue weighted by Gasteiger charge is -2.11. The van der Waals surface area contributed by atoms with Crippen molar-refractivity contribution in [3.05, 3.63) is 35.9 Å². The number of hydrogen-bond acceptors (Lipinski definition) is 4. The van der Waals surface area contributed by atoms with Gasteiger partial charge >= 0.3 is 7.12 Å². The molecular formula is C26H44BNO4. The van der Waals surface area contributed by atoms with E-state index < -0.39 is 7.12 Å². The van der Waals surface area contributed by atoms with Gasteiger partial charge in [0.1, 0.15) is 5.75 Å². The van der Waals surface area contributed by atoms with Gasteiger partial charge in [-0.05, 0) is 43.7 Å². The number of ether oxygens (including phenoxy) is 1. The van der Waals surface area contributed by atoms with Crippen molar-refractivity contribution in [2.75, 3.05) is 7.11 Å². The molecule has 0 aliphatic rings. The van der Waals surface area contributed by atoms with Crippen molar-refractivity contribution in [3.63, 3.8) is 0 Å². The lowest BCUT2D eigenvalue weighted by atomic mass is 9.79. The van der Waals surface area contributed by atoms with Crippen LogP contribution in [0.2, 0.25) is 0 Å². The van der Waals surface area contributed by atoms with Crippen LogP contribution in [0.5, 0.6) is 5.75 Å². The summed E-state index contributed by atoms with van der Waals surface area (Å²) in [5, 5.41) is 21.5. The van der Waals surface area contributed by atoms with Gasteiger partial charge in [-0.15, -0.1) is 0 Å². The Kier molecular flexibility index (Phi) is 16.6. The molecule has 6 heteroatoms. The molecule has 3 N–H and O–H groups in total. The van der Waals surface area contributed by atoms with Gasteiger partial charge in [0.2, 0.25) is 5.91 Å². The zero-order valence-corrected chi connectivity index (χ0v) is 20.3. The summed E-state index contributed by atoms with van der Waals surface area (Å²) in [5.41, 5.74) is 1.18. The molecular weight excluding hydrogens is 401 g/mol. The van der Waals surface area contributed by atoms with Gasteiger partial charge < -0.3 is 20.1 Å². The Morgan fingerprint density at radius 1 is 0.938 bits per heavy atom. The van der Waals surface area contributed by atoms with E-state index in [2.05, 4.69) is 24.4 Å². The summed E-state index contributed by atoms with van der Waals surface area (Å²) >= 11 is 0. The van der Waals surface area contributed by atoms with Crippen LogP contribution >= 0.6 is 0 Å². The maximum absolute atomic E-state index is 12.0. The third kappa shape index (κ3) is 13.6. The van der Waals surface area contributed by atoms with Crippen LogP contribution in [0.4, 0.5) is 0 Å². The predicted octanol–water partition coefficient (Wildman–Crippen LogP) is 5.03. The fraction of sp³-hybridized carbons (Fsp3) is 0.654. The van der Waals surface area contributed by atoms with Crippen molar-refractivity contribution < 1.29 is 19.6 Å². The molecule has 0 spiro atoms. The molecule has 0 fully saturated rings. The van der Waals surface area contributed by atoms with Crippen molar-refractivity contribution in [2.24, 2.45) is 0 Å². The van der Waals surface area contributed by atoms with Gasteiger partial charge in [0.15, 0.2) is 0 Å². The Morgan fingerprint density at radius 2 is 1.53 bits per heavy atom. The third-order valence-corrected chi connectivity index (χ3v) is 5.73. The number of unbranched alkanes of at least 4 members (excludes halogenated alkanes) is 11. The molecule has 0 bridgehead atoms. The molecule has 1 aromatic rings. The third-order valence-electron chi connectivity index (χ3n) is 5.73. The highest BCUT2D eigenvalue weighted by molar-refractivity contribution is 6.59. The number of rotatable bonds is 19. The smallest absolute Gasteiger partial charge is 0.492 e. The molecule has 0 unspecified atom stereocenters. The van der Waals surface area contributed by atoms with Crippen molar-refractivity contribution in [2.45, 2.75) is 103 Å². The maximum atomic E-state index is 12.0. The molecule has 5 nitrogen and oxygen atoms in total. The first-order valence-electron chi connectivity index (χ1n) is 12.5. The van der Waals surface area contributed by atoms with Crippen LogP contribution in [0, 0.1) is 0 Å². The summed E-state index contributed by atoms with van der Waals surface area (Å²) in [4.78, 5) is 12.0. The van der Waals surface area contributed by atoms with Gasteiger partial charge in [0, 0.05) is 18.4 Å². The SMILES string of the molecule is CCCCCCCC/C=C\CCCCCCCC(=O)NCc1ccc(B(O)O)c(OC)c1. The van der Waals surface area contributed by atoms with E-state index in [9.17, 15) is 14.8 Å². The van der Waals surface area contributed by atoms with Crippen LogP contribution in [-0.4, -0.2) is 30.2 Å². The lowest BCUT2D eigenvalue weighted by molar-refractivity contribution is -0.121. The second kappa shape index (κ2) is 18.8. The van der Waals surface area contributed by atoms with E-state index in [1.54, 1.807) is 18.2 Å². The number of nitrogens with one attached hydrogen (secondary N) is 1. The zero-order valence-electron chi connectivity index (χ0n) is 20.3. The van der Waals surface area contributed by atoms with E-state index in [1.807, 2.05) is 0 Å². The van der Waals surface area contributed by atoms with E-state index in [1.165, 1.54) is 77.7 Å². The summed E-state index contributed by atoms with van der Waals surface area (Å²) in [6, 6.07) is 5.09.